The summed E-state index contributed by atoms with van der Waals surface area (Å²) >= 11 is 0. The van der Waals surface area contributed by atoms with Gasteiger partial charge in [0, 0.05) is 0 Å². The zero-order valence-electron chi connectivity index (χ0n) is 4.39. The molecule has 0 saturated carbocycles. The predicted octanol–water partition coefficient (Wildman–Crippen LogP) is -0.0827. The Kier molecular flexibility index (Phi) is 3.65. The van der Waals surface area contributed by atoms with Crippen molar-refractivity contribution < 1.29 is 10.2 Å². The van der Waals surface area contributed by atoms with Gasteiger partial charge < -0.3 is 10.2 Å². The van der Waals surface area contributed by atoms with Gasteiger partial charge in [0.2, 0.25) is 0 Å². The minimum atomic E-state index is 0.0202. The third kappa shape index (κ3) is 3.49. The van der Waals surface area contributed by atoms with E-state index in [1.165, 1.54) is 0 Å². The first kappa shape index (κ1) is 6.66. The molecule has 0 aliphatic heterocycles. The van der Waals surface area contributed by atoms with E-state index in [0.29, 0.717) is 0 Å². The average Bonchev–Trinajstić information content (AvgIpc) is 1.68. The Bertz CT molecular complexity index is 66.5. The van der Waals surface area contributed by atoms with Gasteiger partial charge in [-0.3, -0.25) is 0 Å². The van der Waals surface area contributed by atoms with Gasteiger partial charge in [-0.2, -0.15) is 0 Å². The normalized spacial score (nSPS) is 12.1. The molecule has 0 radical (unpaired) electrons. The van der Waals surface area contributed by atoms with Crippen LogP contribution in [0.3, 0.4) is 0 Å². The minimum Gasteiger partial charge on any atom is -0.392 e. The summed E-state index contributed by atoms with van der Waals surface area (Å²) in [6.07, 6.45) is 1.57. The quantitative estimate of drug-likeness (QED) is 0.479. The van der Waals surface area contributed by atoms with Gasteiger partial charge in [-0.05, 0) is 12.5 Å². The molecule has 0 rings (SSSR count). The fraction of sp³-hybridized carbons (Fsp3) is 0.600. The standard InChI is InChI=1S/C5H10O2/c1-5(4-7)2-3-6/h2,6-7H,3-4H2,1H3/b5-2-. The first-order valence-corrected chi connectivity index (χ1v) is 2.18. The van der Waals surface area contributed by atoms with Crippen LogP contribution in [0.4, 0.5) is 0 Å². The molecule has 0 heterocycles. The molecule has 0 bridgehead atoms. The van der Waals surface area contributed by atoms with E-state index < -0.39 is 0 Å². The number of rotatable bonds is 2. The molecular weight excluding hydrogens is 92.1 g/mol. The Labute approximate surface area is 43.1 Å². The average molecular weight is 102 g/mol. The number of hydrogen-bond donors (Lipinski definition) is 2. The van der Waals surface area contributed by atoms with Gasteiger partial charge in [0.15, 0.2) is 0 Å². The zero-order valence-corrected chi connectivity index (χ0v) is 4.39. The van der Waals surface area contributed by atoms with E-state index in [0.717, 1.165) is 5.57 Å². The van der Waals surface area contributed by atoms with Crippen molar-refractivity contribution in [3.8, 4) is 0 Å². The number of aliphatic hydroxyl groups is 2. The van der Waals surface area contributed by atoms with Crippen LogP contribution in [-0.2, 0) is 0 Å². The topological polar surface area (TPSA) is 40.5 Å². The van der Waals surface area contributed by atoms with Crippen LogP contribution in [0.25, 0.3) is 0 Å². The lowest BCUT2D eigenvalue weighted by molar-refractivity contribution is 0.320. The molecule has 2 heteroatoms. The highest BCUT2D eigenvalue weighted by Crippen LogP contribution is 1.85. The predicted molar refractivity (Wildman–Crippen MR) is 27.9 cm³/mol. The molecule has 2 nitrogen and oxygen atoms in total. The van der Waals surface area contributed by atoms with Gasteiger partial charge in [-0.1, -0.05) is 6.08 Å². The van der Waals surface area contributed by atoms with Crippen molar-refractivity contribution in [2.45, 2.75) is 6.92 Å². The molecule has 0 aromatic carbocycles. The van der Waals surface area contributed by atoms with Crippen LogP contribution in [0.5, 0.6) is 0 Å². The SMILES string of the molecule is C/C(=C/CO)CO. The molecule has 0 amide bonds. The molecule has 0 fully saturated rings. The van der Waals surface area contributed by atoms with Gasteiger partial charge in [0.1, 0.15) is 0 Å². The summed E-state index contributed by atoms with van der Waals surface area (Å²) in [5, 5.41) is 16.5. The molecule has 2 N–H and O–H groups in total. The van der Waals surface area contributed by atoms with Gasteiger partial charge in [0.25, 0.3) is 0 Å². The molecule has 0 aromatic heterocycles. The Morgan fingerprint density at radius 2 is 2.14 bits per heavy atom. The second-order valence-corrected chi connectivity index (χ2v) is 1.39. The Morgan fingerprint density at radius 3 is 2.29 bits per heavy atom. The maximum Gasteiger partial charge on any atom is 0.0639 e. The van der Waals surface area contributed by atoms with Crippen molar-refractivity contribution in [2.24, 2.45) is 0 Å². The lowest BCUT2D eigenvalue weighted by Gasteiger charge is -1.87. The van der Waals surface area contributed by atoms with Gasteiger partial charge in [-0.25, -0.2) is 0 Å². The number of aliphatic hydroxyl groups excluding tert-OH is 2. The third-order valence-electron chi connectivity index (χ3n) is 0.689. The van der Waals surface area contributed by atoms with E-state index in [-0.39, 0.29) is 13.2 Å². The molecule has 0 unspecified atom stereocenters. The van der Waals surface area contributed by atoms with Crippen LogP contribution < -0.4 is 0 Å². The van der Waals surface area contributed by atoms with Crippen molar-refractivity contribution in [2.75, 3.05) is 13.2 Å². The van der Waals surface area contributed by atoms with Crippen LogP contribution in [0.1, 0.15) is 6.92 Å². The lowest BCUT2D eigenvalue weighted by atomic mass is 10.3. The first-order valence-electron chi connectivity index (χ1n) is 2.18. The molecule has 0 aromatic rings. The fourth-order valence-electron chi connectivity index (χ4n) is 0.220. The Hall–Kier alpha value is -0.340. The Balaban J connectivity index is 3.29. The summed E-state index contributed by atoms with van der Waals surface area (Å²) in [4.78, 5) is 0. The molecule has 7 heavy (non-hydrogen) atoms. The van der Waals surface area contributed by atoms with E-state index in [1.807, 2.05) is 0 Å². The summed E-state index contributed by atoms with van der Waals surface area (Å²) in [5.74, 6) is 0. The van der Waals surface area contributed by atoms with E-state index in [2.05, 4.69) is 0 Å². The van der Waals surface area contributed by atoms with E-state index in [4.69, 9.17) is 10.2 Å². The van der Waals surface area contributed by atoms with Gasteiger partial charge in [0.05, 0.1) is 13.2 Å². The highest BCUT2D eigenvalue weighted by atomic mass is 16.3. The molecule has 0 atom stereocenters. The van der Waals surface area contributed by atoms with Crippen LogP contribution in [0.2, 0.25) is 0 Å². The molecule has 0 aliphatic carbocycles. The van der Waals surface area contributed by atoms with E-state index in [1.54, 1.807) is 13.0 Å². The number of hydrogen-bond acceptors (Lipinski definition) is 2. The maximum atomic E-state index is 8.29. The van der Waals surface area contributed by atoms with E-state index in [9.17, 15) is 0 Å². The Morgan fingerprint density at radius 1 is 1.57 bits per heavy atom. The zero-order chi connectivity index (χ0) is 5.70. The summed E-state index contributed by atoms with van der Waals surface area (Å²) in [5.41, 5.74) is 0.808. The molecular formula is C5H10O2. The summed E-state index contributed by atoms with van der Waals surface area (Å²) in [6, 6.07) is 0. The molecule has 42 valence electrons. The van der Waals surface area contributed by atoms with Crippen LogP contribution in [-0.4, -0.2) is 23.4 Å². The van der Waals surface area contributed by atoms with Gasteiger partial charge >= 0.3 is 0 Å². The fourth-order valence-corrected chi connectivity index (χ4v) is 0.220. The van der Waals surface area contributed by atoms with Crippen molar-refractivity contribution >= 4 is 0 Å². The van der Waals surface area contributed by atoms with Crippen molar-refractivity contribution in [3.05, 3.63) is 11.6 Å². The highest BCUT2D eigenvalue weighted by molar-refractivity contribution is 4.96. The van der Waals surface area contributed by atoms with Crippen LogP contribution in [0.15, 0.2) is 11.6 Å². The van der Waals surface area contributed by atoms with E-state index >= 15 is 0 Å². The highest BCUT2D eigenvalue weighted by Gasteiger charge is 1.78. The molecule has 0 spiro atoms. The second-order valence-electron chi connectivity index (χ2n) is 1.39. The summed E-state index contributed by atoms with van der Waals surface area (Å²) < 4.78 is 0. The summed E-state index contributed by atoms with van der Waals surface area (Å²) in [7, 11) is 0. The van der Waals surface area contributed by atoms with Crippen molar-refractivity contribution in [1.29, 1.82) is 0 Å². The maximum absolute atomic E-state index is 8.29. The van der Waals surface area contributed by atoms with Crippen molar-refractivity contribution in [1.82, 2.24) is 0 Å². The second kappa shape index (κ2) is 3.84. The van der Waals surface area contributed by atoms with Gasteiger partial charge in [-0.15, -0.1) is 0 Å². The molecule has 0 saturated heterocycles. The lowest BCUT2D eigenvalue weighted by Crippen LogP contribution is -1.85. The molecule has 0 aliphatic rings. The van der Waals surface area contributed by atoms with Crippen LogP contribution in [0, 0.1) is 0 Å². The largest absolute Gasteiger partial charge is 0.392 e. The van der Waals surface area contributed by atoms with Crippen molar-refractivity contribution in [3.63, 3.8) is 0 Å². The first-order chi connectivity index (χ1) is 3.31. The summed E-state index contributed by atoms with van der Waals surface area (Å²) in [6.45, 7) is 1.82. The minimum absolute atomic E-state index is 0.0202. The smallest absolute Gasteiger partial charge is 0.0639 e. The third-order valence-corrected chi connectivity index (χ3v) is 0.689. The monoisotopic (exact) mass is 102 g/mol. The van der Waals surface area contributed by atoms with Crippen LogP contribution >= 0.6 is 0 Å².